The molecule has 0 saturated carbocycles. The summed E-state index contributed by atoms with van der Waals surface area (Å²) in [6.07, 6.45) is 6.63. The molecular formula is C38H51N7O5. The molecule has 5 rings (SSSR count). The van der Waals surface area contributed by atoms with E-state index < -0.39 is 5.60 Å². The number of anilines is 3. The minimum absolute atomic E-state index is 0.149. The monoisotopic (exact) mass is 685 g/mol. The Morgan fingerprint density at radius 1 is 0.860 bits per heavy atom. The van der Waals surface area contributed by atoms with Gasteiger partial charge in [-0.3, -0.25) is 9.69 Å². The second kappa shape index (κ2) is 17.7. The maximum atomic E-state index is 11.8. The van der Waals surface area contributed by atoms with Crippen LogP contribution in [0.3, 0.4) is 0 Å². The minimum atomic E-state index is -0.479. The van der Waals surface area contributed by atoms with Crippen molar-refractivity contribution < 1.29 is 23.8 Å². The Balaban J connectivity index is 1.06. The van der Waals surface area contributed by atoms with Gasteiger partial charge in [0.15, 0.2) is 0 Å². The smallest absolute Gasteiger partial charge is 0.407 e. The molecule has 0 unspecified atom stereocenters. The summed E-state index contributed by atoms with van der Waals surface area (Å²) in [5, 5.41) is 11.0. The van der Waals surface area contributed by atoms with Gasteiger partial charge in [-0.25, -0.2) is 14.3 Å². The van der Waals surface area contributed by atoms with Crippen molar-refractivity contribution in [3.05, 3.63) is 66.9 Å². The van der Waals surface area contributed by atoms with Crippen LogP contribution in [0.5, 0.6) is 5.75 Å². The van der Waals surface area contributed by atoms with Crippen molar-refractivity contribution in [2.75, 3.05) is 63.2 Å². The summed E-state index contributed by atoms with van der Waals surface area (Å²) in [4.78, 5) is 32.4. The summed E-state index contributed by atoms with van der Waals surface area (Å²) >= 11 is 0. The Hall–Kier alpha value is -4.84. The fourth-order valence-corrected chi connectivity index (χ4v) is 5.84. The number of aromatic nitrogens is 3. The highest BCUT2D eigenvalue weighted by Gasteiger charge is 2.18. The normalized spacial score (nSPS) is 13.6. The zero-order valence-corrected chi connectivity index (χ0v) is 29.8. The molecule has 0 bridgehead atoms. The van der Waals surface area contributed by atoms with Gasteiger partial charge >= 0.3 is 12.1 Å². The Bertz CT molecular complexity index is 1660. The lowest BCUT2D eigenvalue weighted by Gasteiger charge is -2.36. The highest BCUT2D eigenvalue weighted by molar-refractivity contribution is 5.69. The van der Waals surface area contributed by atoms with Crippen molar-refractivity contribution in [1.29, 1.82) is 0 Å². The number of carbonyl (C=O) groups excluding carboxylic acids is 2. The van der Waals surface area contributed by atoms with Gasteiger partial charge in [-0.05, 0) is 107 Å². The largest absolute Gasteiger partial charge is 0.494 e. The van der Waals surface area contributed by atoms with Crippen LogP contribution >= 0.6 is 0 Å². The third-order valence-corrected chi connectivity index (χ3v) is 8.50. The molecule has 12 heteroatoms. The van der Waals surface area contributed by atoms with E-state index in [0.29, 0.717) is 25.5 Å². The highest BCUT2D eigenvalue weighted by Crippen LogP contribution is 2.26. The topological polar surface area (TPSA) is 123 Å². The summed E-state index contributed by atoms with van der Waals surface area (Å²) in [7, 11) is 1.43. The second-order valence-electron chi connectivity index (χ2n) is 13.5. The Morgan fingerprint density at radius 3 is 2.32 bits per heavy atom. The summed E-state index contributed by atoms with van der Waals surface area (Å²) in [5.74, 6) is 1.20. The van der Waals surface area contributed by atoms with Crippen LogP contribution in [0.2, 0.25) is 0 Å². The number of benzene rings is 2. The molecule has 1 fully saturated rings. The number of esters is 1. The van der Waals surface area contributed by atoms with E-state index in [2.05, 4.69) is 54.4 Å². The lowest BCUT2D eigenvalue weighted by atomic mass is 10.1. The first-order valence-electron chi connectivity index (χ1n) is 17.6. The predicted octanol–water partition coefficient (Wildman–Crippen LogP) is 6.68. The molecule has 0 atom stereocenters. The molecule has 1 aliphatic heterocycles. The summed E-state index contributed by atoms with van der Waals surface area (Å²) in [5.41, 5.74) is 4.54. The van der Waals surface area contributed by atoms with E-state index in [1.54, 1.807) is 0 Å². The lowest BCUT2D eigenvalue weighted by molar-refractivity contribution is -0.140. The SMILES string of the molecule is COC(=O)CCCCCCOc1ccc(-c2ccc3cnc(Nc4ccc(N5CCN(CCCNC(=O)OC(C)(C)C)CC5)cc4)nn23)cc1. The average Bonchev–Trinajstić information content (AvgIpc) is 3.53. The van der Waals surface area contributed by atoms with E-state index >= 15 is 0 Å². The zero-order chi connectivity index (χ0) is 35.3. The number of unbranched alkanes of at least 4 members (excludes halogenated alkanes) is 3. The predicted molar refractivity (Wildman–Crippen MR) is 196 cm³/mol. The minimum Gasteiger partial charge on any atom is -0.494 e. The first kappa shape index (κ1) is 36.4. The molecule has 12 nitrogen and oxygen atoms in total. The van der Waals surface area contributed by atoms with Crippen molar-refractivity contribution >= 4 is 34.9 Å². The fourth-order valence-electron chi connectivity index (χ4n) is 5.84. The highest BCUT2D eigenvalue weighted by atomic mass is 16.6. The molecule has 1 saturated heterocycles. The number of methoxy groups -OCH3 is 1. The maximum Gasteiger partial charge on any atom is 0.407 e. The molecule has 268 valence electrons. The van der Waals surface area contributed by atoms with E-state index in [4.69, 9.17) is 14.6 Å². The van der Waals surface area contributed by atoms with Crippen LogP contribution in [0.15, 0.2) is 66.9 Å². The maximum absolute atomic E-state index is 11.8. The molecule has 2 N–H and O–H groups in total. The fraction of sp³-hybridized carbons (Fsp3) is 0.474. The van der Waals surface area contributed by atoms with E-state index in [-0.39, 0.29) is 12.1 Å². The number of hydrogen-bond donors (Lipinski definition) is 2. The van der Waals surface area contributed by atoms with Crippen molar-refractivity contribution in [3.63, 3.8) is 0 Å². The molecule has 1 aliphatic rings. The standard InChI is InChI=1S/C38H51N7O5/c1-38(2,3)50-37(47)39-21-9-22-43-23-25-44(26-24-43)31-15-13-30(14-16-31)41-36-40-28-32-17-20-34(45(32)42-36)29-11-18-33(19-12-29)49-27-8-6-5-7-10-35(46)48-4/h11-20,28H,5-10,21-27H2,1-4H3,(H,39,47)(H,41,42). The molecular weight excluding hydrogens is 634 g/mol. The first-order valence-corrected chi connectivity index (χ1v) is 17.6. The average molecular weight is 686 g/mol. The third kappa shape index (κ3) is 11.1. The Kier molecular flexibility index (Phi) is 12.9. The summed E-state index contributed by atoms with van der Waals surface area (Å²) < 4.78 is 17.8. The van der Waals surface area contributed by atoms with Gasteiger partial charge in [-0.1, -0.05) is 12.8 Å². The number of rotatable bonds is 16. The van der Waals surface area contributed by atoms with Gasteiger partial charge in [-0.15, -0.1) is 5.10 Å². The zero-order valence-electron chi connectivity index (χ0n) is 29.8. The molecule has 0 spiro atoms. The molecule has 0 aliphatic carbocycles. The van der Waals surface area contributed by atoms with Crippen LogP contribution in [0.25, 0.3) is 16.8 Å². The van der Waals surface area contributed by atoms with Crippen LogP contribution in [0, 0.1) is 0 Å². The van der Waals surface area contributed by atoms with Gasteiger partial charge in [0.2, 0.25) is 5.95 Å². The van der Waals surface area contributed by atoms with Crippen molar-refractivity contribution in [2.24, 2.45) is 0 Å². The van der Waals surface area contributed by atoms with Crippen LogP contribution in [0.4, 0.5) is 22.1 Å². The van der Waals surface area contributed by atoms with E-state index in [1.807, 2.05) is 67.9 Å². The third-order valence-electron chi connectivity index (χ3n) is 8.50. The second-order valence-corrected chi connectivity index (χ2v) is 13.5. The van der Waals surface area contributed by atoms with Crippen LogP contribution in [0.1, 0.15) is 59.3 Å². The summed E-state index contributed by atoms with van der Waals surface area (Å²) in [6, 6.07) is 20.5. The van der Waals surface area contributed by atoms with Crippen molar-refractivity contribution in [1.82, 2.24) is 24.8 Å². The molecule has 2 aromatic heterocycles. The van der Waals surface area contributed by atoms with Crippen LogP contribution in [-0.4, -0.2) is 90.1 Å². The molecule has 0 radical (unpaired) electrons. The van der Waals surface area contributed by atoms with Crippen LogP contribution in [-0.2, 0) is 14.3 Å². The van der Waals surface area contributed by atoms with Crippen molar-refractivity contribution in [2.45, 2.75) is 64.9 Å². The molecule has 2 aromatic carbocycles. The van der Waals surface area contributed by atoms with E-state index in [0.717, 1.165) is 93.0 Å². The van der Waals surface area contributed by atoms with Crippen molar-refractivity contribution in [3.8, 4) is 17.0 Å². The number of carbonyl (C=O) groups is 2. The number of fused-ring (bicyclic) bond motifs is 1. The molecule has 1 amide bonds. The Labute approximate surface area is 295 Å². The number of alkyl carbamates (subject to hydrolysis) is 1. The first-order chi connectivity index (χ1) is 24.2. The number of hydrogen-bond acceptors (Lipinski definition) is 10. The summed E-state index contributed by atoms with van der Waals surface area (Å²) in [6.45, 7) is 11.7. The number of nitrogens with one attached hydrogen (secondary N) is 2. The quantitative estimate of drug-likeness (QED) is 0.0976. The van der Waals surface area contributed by atoms with Gasteiger partial charge in [-0.2, -0.15) is 0 Å². The van der Waals surface area contributed by atoms with Gasteiger partial charge < -0.3 is 29.7 Å². The molecule has 3 heterocycles. The van der Waals surface area contributed by atoms with Gasteiger partial charge in [0.1, 0.15) is 11.4 Å². The van der Waals surface area contributed by atoms with Gasteiger partial charge in [0, 0.05) is 56.1 Å². The number of piperazine rings is 1. The molecule has 50 heavy (non-hydrogen) atoms. The Morgan fingerprint density at radius 2 is 1.60 bits per heavy atom. The molecule has 4 aromatic rings. The van der Waals surface area contributed by atoms with Gasteiger partial charge in [0.25, 0.3) is 0 Å². The lowest BCUT2D eigenvalue weighted by Crippen LogP contribution is -2.47. The van der Waals surface area contributed by atoms with Gasteiger partial charge in [0.05, 0.1) is 31.1 Å². The number of ether oxygens (including phenoxy) is 3. The van der Waals surface area contributed by atoms with E-state index in [1.165, 1.54) is 12.8 Å². The number of amides is 1. The van der Waals surface area contributed by atoms with E-state index in [9.17, 15) is 9.59 Å². The number of nitrogens with zero attached hydrogens (tertiary/aromatic N) is 5. The van der Waals surface area contributed by atoms with Crippen LogP contribution < -0.4 is 20.3 Å².